The average molecular weight is 188 g/mol. The second-order valence-corrected chi connectivity index (χ2v) is 3.51. The van der Waals surface area contributed by atoms with Gasteiger partial charge in [0.1, 0.15) is 5.82 Å². The first-order valence-corrected chi connectivity index (χ1v) is 4.30. The molecule has 3 heteroatoms. The van der Waals surface area contributed by atoms with E-state index in [2.05, 4.69) is 4.98 Å². The first-order chi connectivity index (χ1) is 5.63. The molecule has 1 nitrogen and oxygen atoms in total. The second kappa shape index (κ2) is 3.85. The van der Waals surface area contributed by atoms with Crippen LogP contribution in [0.4, 0.5) is 4.39 Å². The van der Waals surface area contributed by atoms with Crippen molar-refractivity contribution in [2.24, 2.45) is 5.92 Å². The Bertz CT molecular complexity index is 262. The Morgan fingerprint density at radius 1 is 1.50 bits per heavy atom. The summed E-state index contributed by atoms with van der Waals surface area (Å²) in [5.41, 5.74) is 0.529. The van der Waals surface area contributed by atoms with Gasteiger partial charge in [-0.05, 0) is 12.0 Å². The molecule has 0 aromatic carbocycles. The molecule has 0 spiro atoms. The number of pyridine rings is 1. The SMILES string of the molecule is CC(C)C(Cl)c1ccncc1F. The van der Waals surface area contributed by atoms with Crippen LogP contribution in [0.15, 0.2) is 18.5 Å². The van der Waals surface area contributed by atoms with Gasteiger partial charge >= 0.3 is 0 Å². The highest BCUT2D eigenvalue weighted by atomic mass is 35.5. The number of halogens is 2. The maximum absolute atomic E-state index is 13.1. The van der Waals surface area contributed by atoms with Gasteiger partial charge in [-0.3, -0.25) is 4.98 Å². The maximum Gasteiger partial charge on any atom is 0.146 e. The summed E-state index contributed by atoms with van der Waals surface area (Å²) in [6.45, 7) is 3.91. The van der Waals surface area contributed by atoms with Gasteiger partial charge in [0.25, 0.3) is 0 Å². The Kier molecular flexibility index (Phi) is 3.04. The van der Waals surface area contributed by atoms with Gasteiger partial charge in [0.05, 0.1) is 11.6 Å². The lowest BCUT2D eigenvalue weighted by atomic mass is 10.0. The van der Waals surface area contributed by atoms with Crippen molar-refractivity contribution in [3.05, 3.63) is 29.8 Å². The van der Waals surface area contributed by atoms with Crippen LogP contribution in [-0.2, 0) is 0 Å². The minimum atomic E-state index is -0.328. The van der Waals surface area contributed by atoms with E-state index in [1.165, 1.54) is 6.20 Å². The minimum Gasteiger partial charge on any atom is -0.262 e. The van der Waals surface area contributed by atoms with Gasteiger partial charge < -0.3 is 0 Å². The monoisotopic (exact) mass is 187 g/mol. The Hall–Kier alpha value is -0.630. The Morgan fingerprint density at radius 3 is 2.67 bits per heavy atom. The maximum atomic E-state index is 13.1. The van der Waals surface area contributed by atoms with Crippen molar-refractivity contribution in [1.82, 2.24) is 4.98 Å². The number of hydrogen-bond acceptors (Lipinski definition) is 1. The predicted molar refractivity (Wildman–Crippen MR) is 47.6 cm³/mol. The van der Waals surface area contributed by atoms with Crippen molar-refractivity contribution < 1.29 is 4.39 Å². The van der Waals surface area contributed by atoms with Crippen molar-refractivity contribution in [2.75, 3.05) is 0 Å². The summed E-state index contributed by atoms with van der Waals surface area (Å²) in [6, 6.07) is 1.62. The van der Waals surface area contributed by atoms with Crippen LogP contribution in [0.25, 0.3) is 0 Å². The molecule has 0 saturated heterocycles. The van der Waals surface area contributed by atoms with Crippen LogP contribution in [0.5, 0.6) is 0 Å². The van der Waals surface area contributed by atoms with Crippen LogP contribution in [0.3, 0.4) is 0 Å². The fourth-order valence-corrected chi connectivity index (χ4v) is 1.15. The van der Waals surface area contributed by atoms with Crippen molar-refractivity contribution in [1.29, 1.82) is 0 Å². The van der Waals surface area contributed by atoms with E-state index in [4.69, 9.17) is 11.6 Å². The molecule has 0 aliphatic carbocycles. The van der Waals surface area contributed by atoms with Gasteiger partial charge in [-0.1, -0.05) is 13.8 Å². The zero-order valence-corrected chi connectivity index (χ0v) is 7.85. The molecule has 0 N–H and O–H groups in total. The van der Waals surface area contributed by atoms with Crippen molar-refractivity contribution in [3.63, 3.8) is 0 Å². The Labute approximate surface area is 76.6 Å². The third-order valence-corrected chi connectivity index (χ3v) is 2.43. The molecule has 1 rings (SSSR count). The van der Waals surface area contributed by atoms with Crippen molar-refractivity contribution in [3.8, 4) is 0 Å². The van der Waals surface area contributed by atoms with Gasteiger partial charge in [-0.15, -0.1) is 11.6 Å². The normalized spacial score (nSPS) is 13.4. The highest BCUT2D eigenvalue weighted by Crippen LogP contribution is 2.29. The Balaban J connectivity index is 2.94. The number of hydrogen-bond donors (Lipinski definition) is 0. The van der Waals surface area contributed by atoms with E-state index in [0.29, 0.717) is 5.56 Å². The lowest BCUT2D eigenvalue weighted by molar-refractivity contribution is 0.558. The molecule has 1 aromatic heterocycles. The third-order valence-electron chi connectivity index (χ3n) is 1.69. The van der Waals surface area contributed by atoms with Crippen molar-refractivity contribution >= 4 is 11.6 Å². The zero-order chi connectivity index (χ0) is 9.14. The summed E-state index contributed by atoms with van der Waals surface area (Å²) in [5.74, 6) is -0.102. The molecule has 0 fully saturated rings. The highest BCUT2D eigenvalue weighted by Gasteiger charge is 2.15. The molecule has 0 bridgehead atoms. The molecule has 1 atom stereocenters. The first kappa shape index (κ1) is 9.46. The molecule has 0 radical (unpaired) electrons. The van der Waals surface area contributed by atoms with Gasteiger partial charge in [0.15, 0.2) is 0 Å². The molecule has 66 valence electrons. The summed E-state index contributed by atoms with van der Waals surface area (Å²) in [4.78, 5) is 3.65. The van der Waals surface area contributed by atoms with E-state index in [1.807, 2.05) is 13.8 Å². The van der Waals surface area contributed by atoms with Gasteiger partial charge in [0, 0.05) is 11.8 Å². The topological polar surface area (TPSA) is 12.9 Å². The van der Waals surface area contributed by atoms with E-state index in [-0.39, 0.29) is 17.1 Å². The molecule has 12 heavy (non-hydrogen) atoms. The summed E-state index contributed by atoms with van der Waals surface area (Å²) < 4.78 is 13.1. The molecule has 1 aromatic rings. The van der Waals surface area contributed by atoms with Crippen LogP contribution in [0.1, 0.15) is 24.8 Å². The van der Waals surface area contributed by atoms with E-state index in [0.717, 1.165) is 0 Å². The average Bonchev–Trinajstić information content (AvgIpc) is 2.04. The molecule has 0 saturated carbocycles. The third kappa shape index (κ3) is 1.95. The van der Waals surface area contributed by atoms with Crippen LogP contribution in [0, 0.1) is 11.7 Å². The van der Waals surface area contributed by atoms with Gasteiger partial charge in [0.2, 0.25) is 0 Å². The Morgan fingerprint density at radius 2 is 2.17 bits per heavy atom. The number of aromatic nitrogens is 1. The van der Waals surface area contributed by atoms with E-state index in [9.17, 15) is 4.39 Å². The van der Waals surface area contributed by atoms with Crippen LogP contribution in [-0.4, -0.2) is 4.98 Å². The van der Waals surface area contributed by atoms with E-state index >= 15 is 0 Å². The molecule has 0 aliphatic heterocycles. The van der Waals surface area contributed by atoms with Gasteiger partial charge in [-0.2, -0.15) is 0 Å². The predicted octanol–water partition coefficient (Wildman–Crippen LogP) is 3.16. The standard InChI is InChI=1S/C9H11ClFN/c1-6(2)9(10)7-3-4-12-5-8(7)11/h3-6,9H,1-2H3. The molecular formula is C9H11ClFN. The van der Waals surface area contributed by atoms with E-state index < -0.39 is 0 Å². The number of alkyl halides is 1. The molecular weight excluding hydrogens is 177 g/mol. The number of nitrogens with zero attached hydrogens (tertiary/aromatic N) is 1. The smallest absolute Gasteiger partial charge is 0.146 e. The molecule has 1 heterocycles. The summed E-state index contributed by atoms with van der Waals surface area (Å²) in [5, 5.41) is -0.270. The lowest BCUT2D eigenvalue weighted by Crippen LogP contribution is -2.02. The first-order valence-electron chi connectivity index (χ1n) is 3.86. The minimum absolute atomic E-state index is 0.226. The largest absolute Gasteiger partial charge is 0.262 e. The van der Waals surface area contributed by atoms with Crippen LogP contribution < -0.4 is 0 Å². The molecule has 0 amide bonds. The second-order valence-electron chi connectivity index (χ2n) is 3.04. The van der Waals surface area contributed by atoms with Crippen molar-refractivity contribution in [2.45, 2.75) is 19.2 Å². The fraction of sp³-hybridized carbons (Fsp3) is 0.444. The number of rotatable bonds is 2. The molecule has 0 aliphatic rings. The molecule has 1 unspecified atom stereocenters. The summed E-state index contributed by atoms with van der Waals surface area (Å²) in [6.07, 6.45) is 2.74. The summed E-state index contributed by atoms with van der Waals surface area (Å²) in [7, 11) is 0. The van der Waals surface area contributed by atoms with E-state index in [1.54, 1.807) is 12.3 Å². The summed E-state index contributed by atoms with van der Waals surface area (Å²) >= 11 is 5.98. The van der Waals surface area contributed by atoms with Gasteiger partial charge in [-0.25, -0.2) is 4.39 Å². The van der Waals surface area contributed by atoms with Crippen LogP contribution in [0.2, 0.25) is 0 Å². The zero-order valence-electron chi connectivity index (χ0n) is 7.09. The lowest BCUT2D eigenvalue weighted by Gasteiger charge is -2.13. The fourth-order valence-electron chi connectivity index (χ4n) is 0.969. The quantitative estimate of drug-likeness (QED) is 0.649. The highest BCUT2D eigenvalue weighted by molar-refractivity contribution is 6.20. The van der Waals surface area contributed by atoms with Crippen LogP contribution >= 0.6 is 11.6 Å².